The van der Waals surface area contributed by atoms with Gasteiger partial charge in [0, 0.05) is 35.8 Å². The van der Waals surface area contributed by atoms with Gasteiger partial charge in [-0.05, 0) is 48.5 Å². The zero-order chi connectivity index (χ0) is 22.3. The van der Waals surface area contributed by atoms with E-state index in [4.69, 9.17) is 11.3 Å². The summed E-state index contributed by atoms with van der Waals surface area (Å²) in [5, 5.41) is 1.73. The third-order valence-electron chi connectivity index (χ3n) is 4.29. The Bertz CT molecular complexity index is 1440. The van der Waals surface area contributed by atoms with Gasteiger partial charge in [0.2, 0.25) is 0 Å². The number of thiophene rings is 1. The first kappa shape index (κ1) is 11.3. The highest BCUT2D eigenvalue weighted by Crippen LogP contribution is 2.45. The highest BCUT2D eigenvalue weighted by atomic mass is 32.1. The number of aryl methyl sites for hydroxylation is 1. The zero-order valence-electron chi connectivity index (χ0n) is 19.7. The third kappa shape index (κ3) is 2.40. The molecule has 0 bridgehead atoms. The molecule has 0 spiro atoms. The lowest BCUT2D eigenvalue weighted by Gasteiger charge is -2.18. The molecular weight excluding hydrogens is 340 g/mol. The van der Waals surface area contributed by atoms with Gasteiger partial charge >= 0.3 is 0 Å². The van der Waals surface area contributed by atoms with Crippen LogP contribution in [0.4, 0.5) is 0 Å². The molecule has 0 radical (unpaired) electrons. The van der Waals surface area contributed by atoms with E-state index in [1.807, 2.05) is 32.9 Å². The third-order valence-corrected chi connectivity index (χ3v) is 5.41. The van der Waals surface area contributed by atoms with Crippen molar-refractivity contribution in [2.45, 2.75) is 34.0 Å². The Balaban J connectivity index is 1.75. The van der Waals surface area contributed by atoms with E-state index in [2.05, 4.69) is 9.97 Å². The van der Waals surface area contributed by atoms with Gasteiger partial charge in [-0.25, -0.2) is 4.98 Å². The van der Waals surface area contributed by atoms with Gasteiger partial charge in [-0.2, -0.15) is 0 Å². The van der Waals surface area contributed by atoms with Gasteiger partial charge in [0.15, 0.2) is 0 Å². The minimum absolute atomic E-state index is 0.0141. The van der Waals surface area contributed by atoms with Crippen molar-refractivity contribution < 1.29 is 11.3 Å². The van der Waals surface area contributed by atoms with Crippen LogP contribution in [0.5, 0.6) is 0 Å². The number of hydrogen-bond donors (Lipinski definition) is 0. The molecule has 0 unspecified atom stereocenters. The van der Waals surface area contributed by atoms with Crippen LogP contribution >= 0.6 is 11.3 Å². The van der Waals surface area contributed by atoms with Crippen LogP contribution < -0.4 is 0 Å². The van der Waals surface area contributed by atoms with Crippen LogP contribution in [0.2, 0.25) is 0 Å². The van der Waals surface area contributed by atoms with Gasteiger partial charge < -0.3 is 4.42 Å². The highest BCUT2D eigenvalue weighted by Gasteiger charge is 2.21. The number of benzene rings is 1. The minimum atomic E-state index is -2.32. The van der Waals surface area contributed by atoms with E-state index in [0.29, 0.717) is 27.3 Å². The van der Waals surface area contributed by atoms with Gasteiger partial charge in [-0.15, -0.1) is 11.3 Å². The Morgan fingerprint density at radius 1 is 1.15 bits per heavy atom. The van der Waals surface area contributed by atoms with Gasteiger partial charge in [0.05, 0.1) is 15.8 Å². The molecule has 0 saturated heterocycles. The number of rotatable bonds is 2. The molecule has 0 N–H and O–H groups in total. The Hall–Kier alpha value is -2.46. The summed E-state index contributed by atoms with van der Waals surface area (Å²) in [5.74, 6) is 0. The predicted molar refractivity (Wildman–Crippen MR) is 109 cm³/mol. The summed E-state index contributed by atoms with van der Waals surface area (Å²) in [7, 11) is 0. The fourth-order valence-corrected chi connectivity index (χ4v) is 4.61. The summed E-state index contributed by atoms with van der Waals surface area (Å²) >= 11 is 1.41. The summed E-state index contributed by atoms with van der Waals surface area (Å²) < 4.78 is 47.2. The summed E-state index contributed by atoms with van der Waals surface area (Å²) in [4.78, 5) is 9.53. The van der Waals surface area contributed by atoms with Crippen LogP contribution in [0.3, 0.4) is 0 Å². The zero-order valence-corrected chi connectivity index (χ0v) is 15.5. The predicted octanol–water partition coefficient (Wildman–Crippen LogP) is 6.59. The first-order valence-electron chi connectivity index (χ1n) is 10.9. The fraction of sp³-hybridized carbons (Fsp3) is 0.273. The summed E-state index contributed by atoms with van der Waals surface area (Å²) in [6, 6.07) is 8.78. The lowest BCUT2D eigenvalue weighted by molar-refractivity contribution is 0.411. The second-order valence-corrected chi connectivity index (χ2v) is 8.51. The van der Waals surface area contributed by atoms with E-state index in [9.17, 15) is 0 Å². The Labute approximate surface area is 163 Å². The quantitative estimate of drug-likeness (QED) is 0.354. The molecule has 4 heteroatoms. The molecule has 5 rings (SSSR count). The van der Waals surface area contributed by atoms with Gasteiger partial charge in [-0.3, -0.25) is 4.98 Å². The molecular formula is C22H20N2OS. The van der Waals surface area contributed by atoms with E-state index < -0.39 is 18.6 Å². The lowest BCUT2D eigenvalue weighted by Crippen LogP contribution is -2.09. The molecule has 0 aliphatic rings. The summed E-state index contributed by atoms with van der Waals surface area (Å²) in [6.45, 7) is 3.31. The van der Waals surface area contributed by atoms with Crippen LogP contribution in [0, 0.1) is 12.3 Å². The van der Waals surface area contributed by atoms with E-state index in [1.165, 1.54) is 17.4 Å². The first-order valence-corrected chi connectivity index (χ1v) is 9.25. The minimum Gasteiger partial charge on any atom is -0.456 e. The molecule has 0 saturated carbocycles. The van der Waals surface area contributed by atoms with Gasteiger partial charge in [-0.1, -0.05) is 20.8 Å². The number of aromatic nitrogens is 2. The molecule has 26 heavy (non-hydrogen) atoms. The van der Waals surface area contributed by atoms with Crippen LogP contribution in [0.15, 0.2) is 40.9 Å². The fourth-order valence-electron chi connectivity index (χ4n) is 3.38. The molecule has 3 nitrogen and oxygen atoms in total. The van der Waals surface area contributed by atoms with Crippen LogP contribution in [-0.2, 0) is 6.37 Å². The molecule has 4 heterocycles. The maximum atomic E-state index is 8.61. The largest absolute Gasteiger partial charge is 0.456 e. The van der Waals surface area contributed by atoms with Gasteiger partial charge in [0.25, 0.3) is 0 Å². The number of hydrogen-bond acceptors (Lipinski definition) is 4. The van der Waals surface area contributed by atoms with E-state index in [0.717, 1.165) is 21.0 Å². The maximum absolute atomic E-state index is 8.61. The number of nitrogens with zero attached hydrogens (tertiary/aromatic N) is 2. The van der Waals surface area contributed by atoms with E-state index in [-0.39, 0.29) is 5.69 Å². The normalized spacial score (nSPS) is 16.7. The monoisotopic (exact) mass is 365 g/mol. The molecule has 0 atom stereocenters. The van der Waals surface area contributed by atoms with Crippen molar-refractivity contribution in [2.24, 2.45) is 5.41 Å². The molecule has 0 aliphatic heterocycles. The Kier molecular flexibility index (Phi) is 2.29. The molecule has 0 amide bonds. The van der Waals surface area contributed by atoms with E-state index >= 15 is 0 Å². The first-order chi connectivity index (χ1) is 14.4. The molecule has 1 aromatic carbocycles. The topological polar surface area (TPSA) is 38.9 Å². The van der Waals surface area contributed by atoms with Crippen LogP contribution in [0.1, 0.15) is 38.9 Å². The van der Waals surface area contributed by atoms with Crippen molar-refractivity contribution in [1.29, 1.82) is 0 Å². The van der Waals surface area contributed by atoms with Crippen molar-refractivity contribution in [3.63, 3.8) is 0 Å². The van der Waals surface area contributed by atoms with Crippen molar-refractivity contribution in [3.8, 4) is 11.3 Å². The van der Waals surface area contributed by atoms with E-state index in [1.54, 1.807) is 18.3 Å². The Morgan fingerprint density at radius 2 is 2.04 bits per heavy atom. The summed E-state index contributed by atoms with van der Waals surface area (Å²) in [5.41, 5.74) is 2.70. The van der Waals surface area contributed by atoms with Crippen molar-refractivity contribution in [1.82, 2.24) is 9.97 Å². The smallest absolute Gasteiger partial charge is 0.140 e. The molecule has 4 aromatic heterocycles. The average molecular weight is 366 g/mol. The SMILES string of the molecule is [2H]C([2H])([2H])c1cc2oc3ccc(-c4cc(C([2H])([2H])C(C)(C)C)ccn4)c4sc(n1)c2c34. The highest BCUT2D eigenvalue weighted by molar-refractivity contribution is 7.26. The molecule has 0 aliphatic carbocycles. The average Bonchev–Trinajstić information content (AvgIpc) is 3.25. The van der Waals surface area contributed by atoms with Crippen molar-refractivity contribution in [3.05, 3.63) is 47.8 Å². The van der Waals surface area contributed by atoms with Crippen LogP contribution in [0.25, 0.3) is 42.7 Å². The second kappa shape index (κ2) is 5.27. The van der Waals surface area contributed by atoms with Crippen molar-refractivity contribution in [2.75, 3.05) is 0 Å². The summed E-state index contributed by atoms with van der Waals surface area (Å²) in [6.07, 6.45) is 0.0954. The van der Waals surface area contributed by atoms with Crippen LogP contribution in [-0.4, -0.2) is 9.97 Å². The molecule has 0 fully saturated rings. The molecule has 5 aromatic rings. The lowest BCUT2D eigenvalue weighted by atomic mass is 9.88. The standard InChI is InChI=1S/C22H20N2OS/c1-12-9-17-19-18-16(25-17)6-5-14(20(18)26-21(19)24-12)15-10-13(7-8-23-15)11-22(2,3)4/h5-10H,11H2,1-4H3/i1D3,11D2. The second-order valence-electron chi connectivity index (χ2n) is 7.51. The van der Waals surface area contributed by atoms with Crippen molar-refractivity contribution >= 4 is 42.8 Å². The molecule has 130 valence electrons. The maximum Gasteiger partial charge on any atom is 0.140 e. The van der Waals surface area contributed by atoms with Gasteiger partial charge in [0.1, 0.15) is 16.0 Å². The number of furan rings is 1. The number of pyridine rings is 2. The Morgan fingerprint density at radius 3 is 2.85 bits per heavy atom.